The molecule has 19 heavy (non-hydrogen) atoms. The van der Waals surface area contributed by atoms with E-state index in [1.165, 1.54) is 31.4 Å². The van der Waals surface area contributed by atoms with Crippen molar-refractivity contribution in [1.29, 1.82) is 0 Å². The van der Waals surface area contributed by atoms with Crippen molar-refractivity contribution in [3.05, 3.63) is 22.2 Å². The fraction of sp³-hybridized carbons (Fsp3) is 0.600. The zero-order valence-electron chi connectivity index (χ0n) is 11.2. The predicted molar refractivity (Wildman–Crippen MR) is 78.5 cm³/mol. The quantitative estimate of drug-likeness (QED) is 0.919. The molecule has 2 aliphatic rings. The summed E-state index contributed by atoms with van der Waals surface area (Å²) < 4.78 is 6.21. The fourth-order valence-corrected chi connectivity index (χ4v) is 3.93. The molecule has 1 heterocycles. The van der Waals surface area contributed by atoms with E-state index < -0.39 is 0 Å². The van der Waals surface area contributed by atoms with Crippen LogP contribution in [-0.4, -0.2) is 29.2 Å². The minimum absolute atomic E-state index is 0.202. The van der Waals surface area contributed by atoms with Crippen LogP contribution < -0.4 is 4.74 Å². The summed E-state index contributed by atoms with van der Waals surface area (Å²) in [5.74, 6) is 1.70. The predicted octanol–water partition coefficient (Wildman–Crippen LogP) is 3.54. The zero-order valence-corrected chi connectivity index (χ0v) is 12.8. The first kappa shape index (κ1) is 13.3. The number of benzene rings is 1. The summed E-state index contributed by atoms with van der Waals surface area (Å²) in [6.45, 7) is 4.69. The standard InChI is InChI=1S/C15H20BrNO2/c1-2-19-14-7-11(6-13(16)15(14)18)9-17-8-10-3-4-12(17)5-10/h6-7,10,12,18H,2-5,8-9H2,1H3. The monoisotopic (exact) mass is 325 g/mol. The van der Waals surface area contributed by atoms with Crippen LogP contribution >= 0.6 is 15.9 Å². The van der Waals surface area contributed by atoms with Crippen LogP contribution in [0.3, 0.4) is 0 Å². The molecule has 3 nitrogen and oxygen atoms in total. The number of halogens is 1. The Balaban J connectivity index is 1.77. The Morgan fingerprint density at radius 1 is 1.42 bits per heavy atom. The smallest absolute Gasteiger partial charge is 0.172 e. The highest BCUT2D eigenvalue weighted by Gasteiger charge is 2.37. The lowest BCUT2D eigenvalue weighted by Crippen LogP contribution is -2.31. The van der Waals surface area contributed by atoms with E-state index in [2.05, 4.69) is 20.8 Å². The van der Waals surface area contributed by atoms with Gasteiger partial charge in [0, 0.05) is 19.1 Å². The molecule has 1 aliphatic heterocycles. The Morgan fingerprint density at radius 2 is 2.26 bits per heavy atom. The van der Waals surface area contributed by atoms with Gasteiger partial charge in [-0.05, 0) is 65.7 Å². The van der Waals surface area contributed by atoms with Crippen LogP contribution in [0.1, 0.15) is 31.7 Å². The van der Waals surface area contributed by atoms with E-state index >= 15 is 0 Å². The fourth-order valence-electron chi connectivity index (χ4n) is 3.44. The van der Waals surface area contributed by atoms with Gasteiger partial charge in [0.25, 0.3) is 0 Å². The van der Waals surface area contributed by atoms with Crippen molar-refractivity contribution in [2.75, 3.05) is 13.2 Å². The lowest BCUT2D eigenvalue weighted by atomic mass is 10.1. The van der Waals surface area contributed by atoms with E-state index in [0.29, 0.717) is 12.4 Å². The van der Waals surface area contributed by atoms with Crippen molar-refractivity contribution in [3.8, 4) is 11.5 Å². The van der Waals surface area contributed by atoms with Crippen LogP contribution in [0.2, 0.25) is 0 Å². The number of phenols is 1. The second-order valence-corrected chi connectivity index (χ2v) is 6.47. The highest BCUT2D eigenvalue weighted by Crippen LogP contribution is 2.40. The average Bonchev–Trinajstić information content (AvgIpc) is 2.98. The topological polar surface area (TPSA) is 32.7 Å². The van der Waals surface area contributed by atoms with E-state index in [1.54, 1.807) is 0 Å². The van der Waals surface area contributed by atoms with Crippen LogP contribution in [0.15, 0.2) is 16.6 Å². The molecule has 1 saturated heterocycles. The number of nitrogens with zero attached hydrogens (tertiary/aromatic N) is 1. The van der Waals surface area contributed by atoms with Crippen molar-refractivity contribution in [3.63, 3.8) is 0 Å². The number of phenolic OH excluding ortho intramolecular Hbond substituents is 1. The minimum atomic E-state index is 0.202. The number of likely N-dealkylation sites (tertiary alicyclic amines) is 1. The second kappa shape index (κ2) is 5.33. The van der Waals surface area contributed by atoms with E-state index in [9.17, 15) is 5.11 Å². The molecule has 2 fully saturated rings. The van der Waals surface area contributed by atoms with Gasteiger partial charge in [-0.25, -0.2) is 0 Å². The SMILES string of the molecule is CCOc1cc(CN2CC3CCC2C3)cc(Br)c1O. The van der Waals surface area contributed by atoms with E-state index in [4.69, 9.17) is 4.74 Å². The lowest BCUT2D eigenvalue weighted by molar-refractivity contribution is 0.205. The number of fused-ring (bicyclic) bond motifs is 2. The molecule has 0 spiro atoms. The van der Waals surface area contributed by atoms with Crippen LogP contribution in [0.4, 0.5) is 0 Å². The van der Waals surface area contributed by atoms with Gasteiger partial charge in [-0.1, -0.05) is 0 Å². The molecule has 2 unspecified atom stereocenters. The highest BCUT2D eigenvalue weighted by molar-refractivity contribution is 9.10. The Labute approximate surface area is 122 Å². The van der Waals surface area contributed by atoms with Crippen LogP contribution in [0.5, 0.6) is 11.5 Å². The molecule has 0 radical (unpaired) electrons. The van der Waals surface area contributed by atoms with E-state index in [-0.39, 0.29) is 5.75 Å². The first-order chi connectivity index (χ1) is 9.17. The van der Waals surface area contributed by atoms with Crippen molar-refractivity contribution in [1.82, 2.24) is 4.90 Å². The Bertz CT molecular complexity index is 477. The number of piperidine rings is 1. The van der Waals surface area contributed by atoms with Crippen LogP contribution in [-0.2, 0) is 6.54 Å². The van der Waals surface area contributed by atoms with Gasteiger partial charge in [0.1, 0.15) is 0 Å². The zero-order chi connectivity index (χ0) is 13.4. The van der Waals surface area contributed by atoms with Gasteiger partial charge in [0.15, 0.2) is 11.5 Å². The van der Waals surface area contributed by atoms with Gasteiger partial charge < -0.3 is 9.84 Å². The molecule has 2 bridgehead atoms. The summed E-state index contributed by atoms with van der Waals surface area (Å²) in [4.78, 5) is 2.57. The molecule has 0 aromatic heterocycles. The summed E-state index contributed by atoms with van der Waals surface area (Å²) in [7, 11) is 0. The Hall–Kier alpha value is -0.740. The normalized spacial score (nSPS) is 26.0. The summed E-state index contributed by atoms with van der Waals surface area (Å²) in [5, 5.41) is 9.93. The molecule has 1 saturated carbocycles. The molecule has 1 aromatic carbocycles. The molecule has 1 aliphatic carbocycles. The summed E-state index contributed by atoms with van der Waals surface area (Å²) in [5.41, 5.74) is 1.21. The van der Waals surface area contributed by atoms with Gasteiger partial charge in [-0.3, -0.25) is 4.90 Å². The third-order valence-corrected chi connectivity index (χ3v) is 4.90. The van der Waals surface area contributed by atoms with Crippen LogP contribution in [0, 0.1) is 5.92 Å². The third-order valence-electron chi connectivity index (χ3n) is 4.30. The van der Waals surface area contributed by atoms with Gasteiger partial charge >= 0.3 is 0 Å². The van der Waals surface area contributed by atoms with Crippen LogP contribution in [0.25, 0.3) is 0 Å². The third kappa shape index (κ3) is 2.61. The maximum Gasteiger partial charge on any atom is 0.172 e. The first-order valence-electron chi connectivity index (χ1n) is 7.05. The lowest BCUT2D eigenvalue weighted by Gasteiger charge is -2.27. The molecular weight excluding hydrogens is 306 g/mol. The van der Waals surface area contributed by atoms with Crippen molar-refractivity contribution in [2.24, 2.45) is 5.92 Å². The van der Waals surface area contributed by atoms with Gasteiger partial charge in [-0.2, -0.15) is 0 Å². The van der Waals surface area contributed by atoms with E-state index in [1.807, 2.05) is 19.1 Å². The van der Waals surface area contributed by atoms with E-state index in [0.717, 1.165) is 23.0 Å². The molecule has 2 atom stereocenters. The number of hydrogen-bond donors (Lipinski definition) is 1. The molecule has 1 N–H and O–H groups in total. The second-order valence-electron chi connectivity index (χ2n) is 5.62. The molecule has 1 aromatic rings. The van der Waals surface area contributed by atoms with Crippen molar-refractivity contribution in [2.45, 2.75) is 38.8 Å². The minimum Gasteiger partial charge on any atom is -0.503 e. The molecular formula is C15H20BrNO2. The number of ether oxygens (including phenoxy) is 1. The number of rotatable bonds is 4. The number of hydrogen-bond acceptors (Lipinski definition) is 3. The van der Waals surface area contributed by atoms with Crippen molar-refractivity contribution >= 4 is 15.9 Å². The maximum atomic E-state index is 9.93. The van der Waals surface area contributed by atoms with Gasteiger partial charge in [0.05, 0.1) is 11.1 Å². The Morgan fingerprint density at radius 3 is 2.89 bits per heavy atom. The van der Waals surface area contributed by atoms with Crippen molar-refractivity contribution < 1.29 is 9.84 Å². The molecule has 0 amide bonds. The maximum absolute atomic E-state index is 9.93. The first-order valence-corrected chi connectivity index (χ1v) is 7.85. The highest BCUT2D eigenvalue weighted by atomic mass is 79.9. The largest absolute Gasteiger partial charge is 0.503 e. The molecule has 4 heteroatoms. The van der Waals surface area contributed by atoms with Gasteiger partial charge in [-0.15, -0.1) is 0 Å². The summed E-state index contributed by atoms with van der Waals surface area (Å²) in [6, 6.07) is 4.74. The summed E-state index contributed by atoms with van der Waals surface area (Å²) in [6.07, 6.45) is 4.13. The summed E-state index contributed by atoms with van der Waals surface area (Å²) >= 11 is 3.41. The number of aromatic hydroxyl groups is 1. The Kier molecular flexibility index (Phi) is 3.72. The molecule has 104 valence electrons. The molecule has 3 rings (SSSR count). The van der Waals surface area contributed by atoms with Gasteiger partial charge in [0.2, 0.25) is 0 Å². The average molecular weight is 326 g/mol.